The van der Waals surface area contributed by atoms with Crippen LogP contribution in [0.1, 0.15) is 17.2 Å². The average Bonchev–Trinajstić information content (AvgIpc) is 2.68. The quantitative estimate of drug-likeness (QED) is 0.786. The van der Waals surface area contributed by atoms with Crippen molar-refractivity contribution in [2.24, 2.45) is 0 Å². The summed E-state index contributed by atoms with van der Waals surface area (Å²) in [7, 11) is 1.46. The minimum absolute atomic E-state index is 0.0829. The van der Waals surface area contributed by atoms with Crippen molar-refractivity contribution in [2.75, 3.05) is 40.9 Å². The number of rotatable bonds is 5. The van der Waals surface area contributed by atoms with Crippen LogP contribution in [0.15, 0.2) is 47.4 Å². The number of likely N-dealkylation sites (N-methyl/N-ethyl adjacent to an activating group) is 1. The summed E-state index contributed by atoms with van der Waals surface area (Å²) < 4.78 is 39.1. The van der Waals surface area contributed by atoms with Crippen molar-refractivity contribution in [3.05, 3.63) is 53.6 Å². The lowest BCUT2D eigenvalue weighted by Crippen LogP contribution is -2.49. The first-order valence-electron chi connectivity index (χ1n) is 8.86. The zero-order valence-electron chi connectivity index (χ0n) is 16.2. The van der Waals surface area contributed by atoms with Gasteiger partial charge in [-0.1, -0.05) is 24.3 Å². The zero-order valence-corrected chi connectivity index (χ0v) is 17.0. The topological polar surface area (TPSA) is 59.1 Å². The Hall–Kier alpha value is -2.09. The monoisotopic (exact) mass is 390 g/mol. The summed E-state index contributed by atoms with van der Waals surface area (Å²) in [5.74, 6) is 1.13. The van der Waals surface area contributed by atoms with E-state index in [1.807, 2.05) is 44.3 Å². The fraction of sp³-hybridized carbons (Fsp3) is 0.400. The number of nitrogens with zero attached hydrogens (tertiary/aromatic N) is 2. The summed E-state index contributed by atoms with van der Waals surface area (Å²) in [5.41, 5.74) is 1.86. The van der Waals surface area contributed by atoms with Gasteiger partial charge in [0.15, 0.2) is 0 Å². The second kappa shape index (κ2) is 7.88. The third-order valence-corrected chi connectivity index (χ3v) is 6.93. The predicted molar refractivity (Wildman–Crippen MR) is 105 cm³/mol. The second-order valence-corrected chi connectivity index (χ2v) is 8.66. The van der Waals surface area contributed by atoms with Gasteiger partial charge < -0.3 is 9.47 Å². The highest BCUT2D eigenvalue weighted by Gasteiger charge is 2.36. The van der Waals surface area contributed by atoms with E-state index in [0.717, 1.165) is 16.9 Å². The van der Waals surface area contributed by atoms with Crippen molar-refractivity contribution in [1.29, 1.82) is 0 Å². The molecule has 3 rings (SSSR count). The van der Waals surface area contributed by atoms with E-state index in [1.165, 1.54) is 7.11 Å². The SMILES string of the molecule is COc1ccccc1C1CN(S(=O)(=O)c2cc(C)ccc2OC)CCN1C. The van der Waals surface area contributed by atoms with Gasteiger partial charge in [0.05, 0.1) is 20.3 Å². The molecule has 2 aromatic carbocycles. The summed E-state index contributed by atoms with van der Waals surface area (Å²) in [6.07, 6.45) is 0. The smallest absolute Gasteiger partial charge is 0.246 e. The van der Waals surface area contributed by atoms with E-state index in [2.05, 4.69) is 4.90 Å². The maximum absolute atomic E-state index is 13.4. The van der Waals surface area contributed by atoms with Gasteiger partial charge in [-0.05, 0) is 37.7 Å². The third-order valence-electron chi connectivity index (χ3n) is 5.05. The van der Waals surface area contributed by atoms with Crippen LogP contribution in [0.5, 0.6) is 11.5 Å². The molecule has 1 aliphatic rings. The van der Waals surface area contributed by atoms with E-state index < -0.39 is 10.0 Å². The molecule has 146 valence electrons. The minimum Gasteiger partial charge on any atom is -0.496 e. The van der Waals surface area contributed by atoms with Crippen molar-refractivity contribution in [3.8, 4) is 11.5 Å². The maximum atomic E-state index is 13.4. The second-order valence-electron chi connectivity index (χ2n) is 6.76. The molecule has 6 nitrogen and oxygen atoms in total. The van der Waals surface area contributed by atoms with E-state index in [9.17, 15) is 8.42 Å². The van der Waals surface area contributed by atoms with Crippen LogP contribution in [-0.2, 0) is 10.0 Å². The first-order valence-corrected chi connectivity index (χ1v) is 10.3. The van der Waals surface area contributed by atoms with Gasteiger partial charge in [0.25, 0.3) is 0 Å². The molecule has 0 bridgehead atoms. The number of methoxy groups -OCH3 is 2. The minimum atomic E-state index is -3.67. The molecule has 1 saturated heterocycles. The molecule has 0 N–H and O–H groups in total. The Bertz CT molecular complexity index is 914. The van der Waals surface area contributed by atoms with Gasteiger partial charge in [0.2, 0.25) is 10.0 Å². The van der Waals surface area contributed by atoms with Crippen molar-refractivity contribution < 1.29 is 17.9 Å². The molecule has 0 aliphatic carbocycles. The lowest BCUT2D eigenvalue weighted by molar-refractivity contribution is 0.145. The van der Waals surface area contributed by atoms with Gasteiger partial charge >= 0.3 is 0 Å². The van der Waals surface area contributed by atoms with Gasteiger partial charge in [0.1, 0.15) is 16.4 Å². The van der Waals surface area contributed by atoms with Gasteiger partial charge in [0, 0.05) is 25.2 Å². The van der Waals surface area contributed by atoms with Crippen LogP contribution in [0, 0.1) is 6.92 Å². The molecule has 1 heterocycles. The van der Waals surface area contributed by atoms with Crippen LogP contribution in [0.25, 0.3) is 0 Å². The van der Waals surface area contributed by atoms with Gasteiger partial charge in [-0.2, -0.15) is 4.31 Å². The maximum Gasteiger partial charge on any atom is 0.246 e. The predicted octanol–water partition coefficient (Wildman–Crippen LogP) is 2.69. The lowest BCUT2D eigenvalue weighted by atomic mass is 10.0. The van der Waals surface area contributed by atoms with Gasteiger partial charge in [-0.15, -0.1) is 0 Å². The molecular formula is C20H26N2O4S. The van der Waals surface area contributed by atoms with Crippen LogP contribution >= 0.6 is 0 Å². The summed E-state index contributed by atoms with van der Waals surface area (Å²) in [6.45, 7) is 3.30. The zero-order chi connectivity index (χ0) is 19.6. The Balaban J connectivity index is 1.97. The Kier molecular flexibility index (Phi) is 5.74. The number of benzene rings is 2. The number of aryl methyl sites for hydroxylation is 1. The summed E-state index contributed by atoms with van der Waals surface area (Å²) >= 11 is 0. The molecule has 7 heteroatoms. The highest BCUT2D eigenvalue weighted by atomic mass is 32.2. The summed E-state index contributed by atoms with van der Waals surface area (Å²) in [6, 6.07) is 12.9. The Labute approximate surface area is 161 Å². The van der Waals surface area contributed by atoms with Crippen molar-refractivity contribution in [2.45, 2.75) is 17.9 Å². The number of piperazine rings is 1. The fourth-order valence-corrected chi connectivity index (χ4v) is 5.15. The Morgan fingerprint density at radius 1 is 1.00 bits per heavy atom. The van der Waals surface area contributed by atoms with E-state index in [0.29, 0.717) is 25.4 Å². The van der Waals surface area contributed by atoms with Crippen molar-refractivity contribution in [3.63, 3.8) is 0 Å². The third kappa shape index (κ3) is 3.81. The van der Waals surface area contributed by atoms with Crippen LogP contribution < -0.4 is 9.47 Å². The first-order chi connectivity index (χ1) is 12.9. The Morgan fingerprint density at radius 2 is 1.70 bits per heavy atom. The van der Waals surface area contributed by atoms with E-state index in [1.54, 1.807) is 23.5 Å². The molecule has 0 saturated carbocycles. The highest BCUT2D eigenvalue weighted by Crippen LogP contribution is 2.35. The summed E-state index contributed by atoms with van der Waals surface area (Å²) in [5, 5.41) is 0. The van der Waals surface area contributed by atoms with E-state index in [-0.39, 0.29) is 10.9 Å². The molecule has 1 atom stereocenters. The van der Waals surface area contributed by atoms with Crippen molar-refractivity contribution in [1.82, 2.24) is 9.21 Å². The standard InChI is InChI=1S/C20H26N2O4S/c1-15-9-10-19(26-4)20(13-15)27(23,24)22-12-11-21(2)17(14-22)16-7-5-6-8-18(16)25-3/h5-10,13,17H,11-12,14H2,1-4H3. The molecule has 2 aromatic rings. The number of hydrogen-bond acceptors (Lipinski definition) is 5. The van der Waals surface area contributed by atoms with E-state index in [4.69, 9.17) is 9.47 Å². The highest BCUT2D eigenvalue weighted by molar-refractivity contribution is 7.89. The van der Waals surface area contributed by atoms with Gasteiger partial charge in [-0.3, -0.25) is 4.90 Å². The molecule has 0 spiro atoms. The van der Waals surface area contributed by atoms with Gasteiger partial charge in [-0.25, -0.2) is 8.42 Å². The number of hydrogen-bond donors (Lipinski definition) is 0. The number of para-hydroxylation sites is 1. The molecule has 0 radical (unpaired) electrons. The lowest BCUT2D eigenvalue weighted by Gasteiger charge is -2.39. The summed E-state index contributed by atoms with van der Waals surface area (Å²) in [4.78, 5) is 2.38. The molecular weight excluding hydrogens is 364 g/mol. The molecule has 1 unspecified atom stereocenters. The number of sulfonamides is 1. The van der Waals surface area contributed by atoms with Crippen LogP contribution in [0.2, 0.25) is 0 Å². The van der Waals surface area contributed by atoms with Crippen LogP contribution in [0.4, 0.5) is 0 Å². The van der Waals surface area contributed by atoms with E-state index >= 15 is 0 Å². The first kappa shape index (κ1) is 19.7. The average molecular weight is 391 g/mol. The van der Waals surface area contributed by atoms with Crippen LogP contribution in [0.3, 0.4) is 0 Å². The molecule has 27 heavy (non-hydrogen) atoms. The molecule has 1 fully saturated rings. The Morgan fingerprint density at radius 3 is 2.41 bits per heavy atom. The van der Waals surface area contributed by atoms with Crippen molar-refractivity contribution >= 4 is 10.0 Å². The molecule has 0 aromatic heterocycles. The number of ether oxygens (including phenoxy) is 2. The fourth-order valence-electron chi connectivity index (χ4n) is 3.47. The largest absolute Gasteiger partial charge is 0.496 e. The normalized spacial score (nSPS) is 19.0. The van der Waals surface area contributed by atoms with Crippen LogP contribution in [-0.4, -0.2) is 58.5 Å². The molecule has 1 aliphatic heterocycles. The molecule has 0 amide bonds.